The Labute approximate surface area is 159 Å². The number of aryl methyl sites for hydroxylation is 2. The highest BCUT2D eigenvalue weighted by Crippen LogP contribution is 2.22. The van der Waals surface area contributed by atoms with E-state index < -0.39 is 10.0 Å². The summed E-state index contributed by atoms with van der Waals surface area (Å²) >= 11 is 3.44. The number of pyridine rings is 1. The molecule has 0 unspecified atom stereocenters. The van der Waals surface area contributed by atoms with Crippen molar-refractivity contribution in [3.05, 3.63) is 58.0 Å². The van der Waals surface area contributed by atoms with E-state index in [1.165, 1.54) is 24.3 Å². The van der Waals surface area contributed by atoms with Gasteiger partial charge < -0.3 is 5.32 Å². The zero-order chi connectivity index (χ0) is 19.1. The maximum atomic E-state index is 12.8. The summed E-state index contributed by atoms with van der Waals surface area (Å²) in [5, 5.41) is 7.86. The van der Waals surface area contributed by atoms with Crippen LogP contribution in [0.1, 0.15) is 28.7 Å². The van der Waals surface area contributed by atoms with Crippen molar-refractivity contribution in [2.75, 3.05) is 5.32 Å². The minimum atomic E-state index is -3.77. The van der Waals surface area contributed by atoms with Crippen LogP contribution in [0.3, 0.4) is 0 Å². The van der Waals surface area contributed by atoms with Gasteiger partial charge in [-0.25, -0.2) is 18.5 Å². The van der Waals surface area contributed by atoms with Gasteiger partial charge in [-0.05, 0) is 65.2 Å². The number of nitrogens with two attached hydrogens (primary N) is 1. The lowest BCUT2D eigenvalue weighted by Gasteiger charge is -2.08. The van der Waals surface area contributed by atoms with Crippen molar-refractivity contribution in [3.63, 3.8) is 0 Å². The Hall–Kier alpha value is -2.23. The van der Waals surface area contributed by atoms with Crippen LogP contribution in [0.4, 0.5) is 5.69 Å². The molecular formula is C17H17BrN4O3S. The summed E-state index contributed by atoms with van der Waals surface area (Å²) < 4.78 is 25.2. The molecule has 2 heterocycles. The van der Waals surface area contributed by atoms with Crippen molar-refractivity contribution in [1.29, 1.82) is 0 Å². The standard InChI is InChI=1S/C17H17BrN4O3S/c1-3-14-15(22-9-11(18)8-10(2)16(22)21-14)17(23)20-12-4-6-13(7-5-12)26(19,24)25/h4-9H,3H2,1-2H3,(H,20,23)(H2,19,24,25). The van der Waals surface area contributed by atoms with Crippen LogP contribution in [0, 0.1) is 6.92 Å². The molecule has 0 fully saturated rings. The summed E-state index contributed by atoms with van der Waals surface area (Å²) in [6.07, 6.45) is 2.40. The van der Waals surface area contributed by atoms with Crippen LogP contribution in [-0.4, -0.2) is 23.7 Å². The number of fused-ring (bicyclic) bond motifs is 1. The molecule has 3 N–H and O–H groups in total. The number of nitrogens with zero attached hydrogens (tertiary/aromatic N) is 2. The number of halogens is 1. The third-order valence-corrected chi connectivity index (χ3v) is 5.30. The molecule has 1 amide bonds. The fourth-order valence-corrected chi connectivity index (χ4v) is 3.78. The van der Waals surface area contributed by atoms with E-state index in [0.717, 1.165) is 15.7 Å². The predicted octanol–water partition coefficient (Wildman–Crippen LogP) is 2.87. The predicted molar refractivity (Wildman–Crippen MR) is 103 cm³/mol. The number of anilines is 1. The van der Waals surface area contributed by atoms with E-state index in [1.807, 2.05) is 19.9 Å². The average Bonchev–Trinajstić information content (AvgIpc) is 2.93. The number of aromatic nitrogens is 2. The van der Waals surface area contributed by atoms with Gasteiger partial charge in [0.15, 0.2) is 0 Å². The minimum Gasteiger partial charge on any atom is -0.321 e. The molecule has 0 saturated heterocycles. The zero-order valence-electron chi connectivity index (χ0n) is 14.2. The molecule has 0 atom stereocenters. The fraction of sp³-hybridized carbons (Fsp3) is 0.176. The Morgan fingerprint density at radius 1 is 1.31 bits per heavy atom. The molecule has 26 heavy (non-hydrogen) atoms. The van der Waals surface area contributed by atoms with Crippen molar-refractivity contribution >= 4 is 43.2 Å². The Bertz CT molecular complexity index is 1110. The SMILES string of the molecule is CCc1nc2c(C)cc(Br)cn2c1C(=O)Nc1ccc(S(N)(=O)=O)cc1. The monoisotopic (exact) mass is 436 g/mol. The normalized spacial score (nSPS) is 11.7. The van der Waals surface area contributed by atoms with Crippen LogP contribution < -0.4 is 10.5 Å². The number of hydrogen-bond acceptors (Lipinski definition) is 4. The van der Waals surface area contributed by atoms with Gasteiger partial charge in [0.2, 0.25) is 10.0 Å². The molecule has 2 aromatic heterocycles. The van der Waals surface area contributed by atoms with Crippen molar-refractivity contribution in [3.8, 4) is 0 Å². The van der Waals surface area contributed by atoms with Gasteiger partial charge in [-0.2, -0.15) is 0 Å². The smallest absolute Gasteiger partial charge is 0.274 e. The number of primary sulfonamides is 1. The summed E-state index contributed by atoms with van der Waals surface area (Å²) in [6, 6.07) is 7.62. The van der Waals surface area contributed by atoms with Gasteiger partial charge in [0.1, 0.15) is 11.3 Å². The highest BCUT2D eigenvalue weighted by Gasteiger charge is 2.20. The first kappa shape index (κ1) is 18.6. The first-order valence-corrected chi connectivity index (χ1v) is 10.2. The van der Waals surface area contributed by atoms with E-state index in [-0.39, 0.29) is 10.8 Å². The summed E-state index contributed by atoms with van der Waals surface area (Å²) in [5.74, 6) is -0.324. The lowest BCUT2D eigenvalue weighted by atomic mass is 10.2. The number of carbonyl (C=O) groups is 1. The van der Waals surface area contributed by atoms with E-state index >= 15 is 0 Å². The number of benzene rings is 1. The lowest BCUT2D eigenvalue weighted by molar-refractivity contribution is 0.102. The summed E-state index contributed by atoms with van der Waals surface area (Å²) in [5.41, 5.74) is 3.27. The second kappa shape index (κ2) is 6.82. The molecule has 0 bridgehead atoms. The van der Waals surface area contributed by atoms with Gasteiger partial charge in [-0.15, -0.1) is 0 Å². The molecular weight excluding hydrogens is 420 g/mol. The maximum absolute atomic E-state index is 12.8. The van der Waals surface area contributed by atoms with Crippen LogP contribution in [-0.2, 0) is 16.4 Å². The third kappa shape index (κ3) is 3.50. The Morgan fingerprint density at radius 2 is 1.96 bits per heavy atom. The molecule has 0 spiro atoms. The van der Waals surface area contributed by atoms with Gasteiger partial charge in [-0.3, -0.25) is 9.20 Å². The number of hydrogen-bond donors (Lipinski definition) is 2. The Morgan fingerprint density at radius 3 is 2.54 bits per heavy atom. The first-order chi connectivity index (χ1) is 12.2. The highest BCUT2D eigenvalue weighted by atomic mass is 79.9. The van der Waals surface area contributed by atoms with Gasteiger partial charge in [0, 0.05) is 16.4 Å². The maximum Gasteiger partial charge on any atom is 0.274 e. The molecule has 3 aromatic rings. The molecule has 136 valence electrons. The zero-order valence-corrected chi connectivity index (χ0v) is 16.6. The van der Waals surface area contributed by atoms with Gasteiger partial charge in [0.05, 0.1) is 10.6 Å². The quantitative estimate of drug-likeness (QED) is 0.655. The van der Waals surface area contributed by atoms with Crippen molar-refractivity contribution in [2.24, 2.45) is 5.14 Å². The Kier molecular flexibility index (Phi) is 4.87. The minimum absolute atomic E-state index is 0.0147. The molecule has 0 aliphatic heterocycles. The van der Waals surface area contributed by atoms with Gasteiger partial charge in [0.25, 0.3) is 5.91 Å². The number of sulfonamides is 1. The molecule has 7 nitrogen and oxygen atoms in total. The number of imidazole rings is 1. The van der Waals surface area contributed by atoms with E-state index in [0.29, 0.717) is 23.5 Å². The fourth-order valence-electron chi connectivity index (χ4n) is 2.72. The molecule has 9 heteroatoms. The number of nitrogens with one attached hydrogen (secondary N) is 1. The van der Waals surface area contributed by atoms with Gasteiger partial charge in [-0.1, -0.05) is 6.92 Å². The molecule has 0 aliphatic rings. The van der Waals surface area contributed by atoms with Crippen LogP contribution in [0.2, 0.25) is 0 Å². The molecule has 3 rings (SSSR count). The topological polar surface area (TPSA) is 107 Å². The van der Waals surface area contributed by atoms with Crippen molar-refractivity contribution in [1.82, 2.24) is 9.38 Å². The Balaban J connectivity index is 2.00. The van der Waals surface area contributed by atoms with Gasteiger partial charge >= 0.3 is 0 Å². The van der Waals surface area contributed by atoms with Crippen LogP contribution >= 0.6 is 15.9 Å². The molecule has 0 radical (unpaired) electrons. The third-order valence-electron chi connectivity index (χ3n) is 3.93. The molecule has 1 aromatic carbocycles. The lowest BCUT2D eigenvalue weighted by Crippen LogP contribution is -2.17. The number of carbonyl (C=O) groups excluding carboxylic acids is 1. The van der Waals surface area contributed by atoms with Crippen LogP contribution in [0.5, 0.6) is 0 Å². The second-order valence-corrected chi connectivity index (χ2v) is 8.30. The summed E-state index contributed by atoms with van der Waals surface area (Å²) in [6.45, 7) is 3.87. The summed E-state index contributed by atoms with van der Waals surface area (Å²) in [7, 11) is -3.77. The molecule has 0 saturated carbocycles. The summed E-state index contributed by atoms with van der Waals surface area (Å²) in [4.78, 5) is 17.4. The average molecular weight is 437 g/mol. The van der Waals surface area contributed by atoms with Crippen molar-refractivity contribution < 1.29 is 13.2 Å². The van der Waals surface area contributed by atoms with E-state index in [1.54, 1.807) is 10.6 Å². The largest absolute Gasteiger partial charge is 0.321 e. The molecule has 0 aliphatic carbocycles. The second-order valence-electron chi connectivity index (χ2n) is 5.82. The van der Waals surface area contributed by atoms with E-state index in [9.17, 15) is 13.2 Å². The van der Waals surface area contributed by atoms with Crippen LogP contribution in [0.15, 0.2) is 45.9 Å². The van der Waals surface area contributed by atoms with Crippen LogP contribution in [0.25, 0.3) is 5.65 Å². The number of amides is 1. The van der Waals surface area contributed by atoms with E-state index in [2.05, 4.69) is 26.2 Å². The first-order valence-electron chi connectivity index (χ1n) is 7.82. The van der Waals surface area contributed by atoms with E-state index in [4.69, 9.17) is 5.14 Å². The van der Waals surface area contributed by atoms with Crippen molar-refractivity contribution in [2.45, 2.75) is 25.2 Å². The highest BCUT2D eigenvalue weighted by molar-refractivity contribution is 9.10. The number of rotatable bonds is 4.